The van der Waals surface area contributed by atoms with Crippen molar-refractivity contribution in [1.29, 1.82) is 0 Å². The average molecular weight is 294 g/mol. The number of benzene rings is 1. The summed E-state index contributed by atoms with van der Waals surface area (Å²) >= 11 is 3.23. The van der Waals surface area contributed by atoms with Gasteiger partial charge in [0.05, 0.1) is 11.4 Å². The number of hydrogen-bond acceptors (Lipinski definition) is 4. The minimum atomic E-state index is -0.162. The molecule has 1 aliphatic carbocycles. The number of aromatic nitrogens is 1. The number of thioether (sulfide) groups is 1. The molecule has 0 saturated heterocycles. The molecule has 0 bridgehead atoms. The Labute approximate surface area is 120 Å². The first kappa shape index (κ1) is 13.1. The van der Waals surface area contributed by atoms with Crippen molar-refractivity contribution in [2.24, 2.45) is 5.73 Å². The summed E-state index contributed by atoms with van der Waals surface area (Å²) in [7, 11) is 0. The summed E-state index contributed by atoms with van der Waals surface area (Å²) in [5, 5.41) is 1.05. The summed E-state index contributed by atoms with van der Waals surface area (Å²) < 4.78 is 13.5. The van der Waals surface area contributed by atoms with Gasteiger partial charge >= 0.3 is 0 Å². The molecular formula is C14H15FN2S2. The number of nitrogens with two attached hydrogens (primary N) is 1. The van der Waals surface area contributed by atoms with E-state index < -0.39 is 0 Å². The minimum Gasteiger partial charge on any atom is -0.323 e. The van der Waals surface area contributed by atoms with Crippen molar-refractivity contribution in [3.05, 3.63) is 45.7 Å². The first-order valence-corrected chi connectivity index (χ1v) is 8.15. The molecule has 0 aliphatic heterocycles. The Bertz CT molecular complexity index is 583. The maximum absolute atomic E-state index is 13.5. The summed E-state index contributed by atoms with van der Waals surface area (Å²) in [6, 6.07) is 6.95. The van der Waals surface area contributed by atoms with Gasteiger partial charge in [0.15, 0.2) is 0 Å². The number of thiazole rings is 1. The highest BCUT2D eigenvalue weighted by atomic mass is 32.2. The Morgan fingerprint density at radius 2 is 2.26 bits per heavy atom. The van der Waals surface area contributed by atoms with Gasteiger partial charge in [-0.05, 0) is 31.4 Å². The average Bonchev–Trinajstić information content (AvgIpc) is 2.82. The highest BCUT2D eigenvalue weighted by Crippen LogP contribution is 2.34. The second-order valence-electron chi connectivity index (χ2n) is 4.63. The predicted octanol–water partition coefficient (Wildman–Crippen LogP) is 3.91. The van der Waals surface area contributed by atoms with Crippen LogP contribution in [0.1, 0.15) is 34.5 Å². The molecule has 1 aromatic heterocycles. The molecule has 0 saturated carbocycles. The third kappa shape index (κ3) is 2.83. The Hall–Kier alpha value is -0.910. The van der Waals surface area contributed by atoms with E-state index in [9.17, 15) is 4.39 Å². The standard InChI is InChI=1S/C14H15FN2S2/c15-9-4-1-2-6-11(9)18-8-13-17-14-10(16)5-3-7-12(14)19-13/h1-2,4,6,10H,3,5,7-8,16H2. The molecule has 1 aliphatic rings. The molecule has 3 rings (SSSR count). The van der Waals surface area contributed by atoms with Gasteiger partial charge in [0.1, 0.15) is 10.8 Å². The van der Waals surface area contributed by atoms with Crippen LogP contribution >= 0.6 is 23.1 Å². The largest absolute Gasteiger partial charge is 0.323 e. The highest BCUT2D eigenvalue weighted by molar-refractivity contribution is 7.98. The lowest BCUT2D eigenvalue weighted by Gasteiger charge is -2.15. The molecule has 0 radical (unpaired) electrons. The second kappa shape index (κ2) is 5.61. The first-order chi connectivity index (χ1) is 9.24. The van der Waals surface area contributed by atoms with Crippen molar-refractivity contribution < 1.29 is 4.39 Å². The quantitative estimate of drug-likeness (QED) is 0.872. The molecule has 100 valence electrons. The fourth-order valence-corrected chi connectivity index (χ4v) is 4.38. The lowest BCUT2D eigenvalue weighted by Crippen LogP contribution is -2.16. The molecule has 2 aromatic rings. The van der Waals surface area contributed by atoms with Gasteiger partial charge in [0.2, 0.25) is 0 Å². The third-order valence-electron chi connectivity index (χ3n) is 3.23. The number of aryl methyl sites for hydroxylation is 1. The molecular weight excluding hydrogens is 279 g/mol. The van der Waals surface area contributed by atoms with E-state index in [-0.39, 0.29) is 11.9 Å². The minimum absolute atomic E-state index is 0.0900. The van der Waals surface area contributed by atoms with Gasteiger partial charge in [0, 0.05) is 15.8 Å². The Morgan fingerprint density at radius 3 is 3.05 bits per heavy atom. The molecule has 5 heteroatoms. The highest BCUT2D eigenvalue weighted by Gasteiger charge is 2.21. The van der Waals surface area contributed by atoms with E-state index in [0.29, 0.717) is 10.6 Å². The molecule has 1 atom stereocenters. The van der Waals surface area contributed by atoms with Crippen molar-refractivity contribution in [3.8, 4) is 0 Å². The maximum Gasteiger partial charge on any atom is 0.136 e. The number of nitrogens with zero attached hydrogens (tertiary/aromatic N) is 1. The van der Waals surface area contributed by atoms with Gasteiger partial charge in [0.25, 0.3) is 0 Å². The van der Waals surface area contributed by atoms with Crippen molar-refractivity contribution in [1.82, 2.24) is 4.98 Å². The molecule has 1 unspecified atom stereocenters. The van der Waals surface area contributed by atoms with E-state index in [0.717, 1.165) is 30.0 Å². The van der Waals surface area contributed by atoms with E-state index in [4.69, 9.17) is 5.73 Å². The molecule has 2 nitrogen and oxygen atoms in total. The van der Waals surface area contributed by atoms with Gasteiger partial charge in [-0.3, -0.25) is 0 Å². The number of fused-ring (bicyclic) bond motifs is 1. The van der Waals surface area contributed by atoms with Gasteiger partial charge in [-0.2, -0.15) is 0 Å². The monoisotopic (exact) mass is 294 g/mol. The van der Waals surface area contributed by atoms with Crippen molar-refractivity contribution in [2.75, 3.05) is 0 Å². The summed E-state index contributed by atoms with van der Waals surface area (Å²) in [5.74, 6) is 0.552. The lowest BCUT2D eigenvalue weighted by atomic mass is 9.99. The normalized spacial score (nSPS) is 18.3. The fourth-order valence-electron chi connectivity index (χ4n) is 2.27. The van der Waals surface area contributed by atoms with Gasteiger partial charge in [-0.1, -0.05) is 12.1 Å². The third-order valence-corrected chi connectivity index (χ3v) is 5.60. The molecule has 2 N–H and O–H groups in total. The number of hydrogen-bond donors (Lipinski definition) is 1. The van der Waals surface area contributed by atoms with Crippen molar-refractivity contribution >= 4 is 23.1 Å². The SMILES string of the molecule is NC1CCCc2sc(CSc3ccccc3F)nc21. The molecule has 1 aromatic carbocycles. The van der Waals surface area contributed by atoms with Gasteiger partial charge < -0.3 is 5.73 Å². The molecule has 0 amide bonds. The number of rotatable bonds is 3. The summed E-state index contributed by atoms with van der Waals surface area (Å²) in [5.41, 5.74) is 7.14. The summed E-state index contributed by atoms with van der Waals surface area (Å²) in [4.78, 5) is 6.63. The van der Waals surface area contributed by atoms with E-state index in [1.807, 2.05) is 6.07 Å². The van der Waals surface area contributed by atoms with Crippen LogP contribution in [0.15, 0.2) is 29.2 Å². The summed E-state index contributed by atoms with van der Waals surface area (Å²) in [6.07, 6.45) is 3.26. The van der Waals surface area contributed by atoms with E-state index in [1.54, 1.807) is 23.5 Å². The molecule has 0 fully saturated rings. The second-order valence-corrected chi connectivity index (χ2v) is 6.82. The van der Waals surface area contributed by atoms with Crippen LogP contribution in [-0.4, -0.2) is 4.98 Å². The first-order valence-electron chi connectivity index (χ1n) is 6.35. The fraction of sp³-hybridized carbons (Fsp3) is 0.357. The van der Waals surface area contributed by atoms with Crippen molar-refractivity contribution in [3.63, 3.8) is 0 Å². The van der Waals surface area contributed by atoms with E-state index in [1.165, 1.54) is 22.7 Å². The Balaban J connectivity index is 1.73. The zero-order valence-corrected chi connectivity index (χ0v) is 12.1. The zero-order chi connectivity index (χ0) is 13.2. The maximum atomic E-state index is 13.5. The van der Waals surface area contributed by atoms with Crippen LogP contribution in [0.5, 0.6) is 0 Å². The van der Waals surface area contributed by atoms with Crippen LogP contribution in [0.25, 0.3) is 0 Å². The van der Waals surface area contributed by atoms with E-state index >= 15 is 0 Å². The van der Waals surface area contributed by atoms with Gasteiger partial charge in [-0.15, -0.1) is 23.1 Å². The molecule has 19 heavy (non-hydrogen) atoms. The van der Waals surface area contributed by atoms with Crippen LogP contribution in [0.3, 0.4) is 0 Å². The smallest absolute Gasteiger partial charge is 0.136 e. The number of halogens is 1. The summed E-state index contributed by atoms with van der Waals surface area (Å²) in [6.45, 7) is 0. The van der Waals surface area contributed by atoms with Crippen LogP contribution in [-0.2, 0) is 12.2 Å². The van der Waals surface area contributed by atoms with Gasteiger partial charge in [-0.25, -0.2) is 9.37 Å². The van der Waals surface area contributed by atoms with Crippen molar-refractivity contribution in [2.45, 2.75) is 36.0 Å². The van der Waals surface area contributed by atoms with E-state index in [2.05, 4.69) is 4.98 Å². The van der Waals surface area contributed by atoms with Crippen LogP contribution in [0, 0.1) is 5.82 Å². The van der Waals surface area contributed by atoms with Crippen LogP contribution in [0.2, 0.25) is 0 Å². The lowest BCUT2D eigenvalue weighted by molar-refractivity contribution is 0.563. The molecule has 1 heterocycles. The topological polar surface area (TPSA) is 38.9 Å². The van der Waals surface area contributed by atoms with Crippen LogP contribution < -0.4 is 5.73 Å². The molecule has 0 spiro atoms. The van der Waals surface area contributed by atoms with Crippen LogP contribution in [0.4, 0.5) is 4.39 Å². The Kier molecular flexibility index (Phi) is 3.86. The predicted molar refractivity (Wildman–Crippen MR) is 77.9 cm³/mol. The Morgan fingerprint density at radius 1 is 1.42 bits per heavy atom. The zero-order valence-electron chi connectivity index (χ0n) is 10.4.